The zero-order chi connectivity index (χ0) is 15.1. The molecule has 0 aliphatic rings. The molecule has 0 N–H and O–H groups in total. The first-order valence-electron chi connectivity index (χ1n) is 6.63. The largest absolute Gasteiger partial charge is 0.497 e. The van der Waals surface area contributed by atoms with E-state index in [0.29, 0.717) is 6.42 Å². The van der Waals surface area contributed by atoms with Crippen LogP contribution < -0.4 is 4.74 Å². The smallest absolute Gasteiger partial charge is 0.309 e. The van der Waals surface area contributed by atoms with Crippen LogP contribution in [-0.2, 0) is 21.7 Å². The van der Waals surface area contributed by atoms with Gasteiger partial charge in [0.05, 0.1) is 20.6 Å². The molecule has 2 aromatic carbocycles. The molecule has 0 saturated carbocycles. The summed E-state index contributed by atoms with van der Waals surface area (Å²) in [5.74, 6) is 1.44. The molecule has 0 radical (unpaired) electrons. The van der Waals surface area contributed by atoms with Crippen LogP contribution in [0.2, 0.25) is 0 Å². The van der Waals surface area contributed by atoms with Crippen molar-refractivity contribution in [2.24, 2.45) is 0 Å². The SMILES string of the molecule is COC(=O)Cc1ccccc1CSc1cccc(OC)c1. The number of carbonyl (C=O) groups excluding carboxylic acids is 1. The molecule has 4 heteroatoms. The third-order valence-corrected chi connectivity index (χ3v) is 4.16. The van der Waals surface area contributed by atoms with Gasteiger partial charge in [-0.05, 0) is 29.3 Å². The van der Waals surface area contributed by atoms with Crippen LogP contribution in [0.1, 0.15) is 11.1 Å². The highest BCUT2D eigenvalue weighted by Gasteiger charge is 2.08. The quantitative estimate of drug-likeness (QED) is 0.602. The maximum atomic E-state index is 11.4. The first-order valence-corrected chi connectivity index (χ1v) is 7.62. The first-order chi connectivity index (χ1) is 10.2. The molecule has 0 atom stereocenters. The molecular weight excluding hydrogens is 284 g/mol. The Hall–Kier alpha value is -1.94. The average molecular weight is 302 g/mol. The van der Waals surface area contributed by atoms with E-state index in [1.165, 1.54) is 7.11 Å². The molecule has 0 bridgehead atoms. The lowest BCUT2D eigenvalue weighted by Crippen LogP contribution is -2.06. The van der Waals surface area contributed by atoms with Crippen LogP contribution in [0.4, 0.5) is 0 Å². The van der Waals surface area contributed by atoms with E-state index >= 15 is 0 Å². The lowest BCUT2D eigenvalue weighted by Gasteiger charge is -2.09. The van der Waals surface area contributed by atoms with Crippen LogP contribution in [-0.4, -0.2) is 20.2 Å². The number of hydrogen-bond donors (Lipinski definition) is 0. The molecular formula is C17H18O3S. The highest BCUT2D eigenvalue weighted by atomic mass is 32.2. The molecule has 0 aromatic heterocycles. The van der Waals surface area contributed by atoms with Crippen molar-refractivity contribution in [3.8, 4) is 5.75 Å². The number of benzene rings is 2. The Bertz CT molecular complexity index is 610. The van der Waals surface area contributed by atoms with E-state index < -0.39 is 0 Å². The highest BCUT2D eigenvalue weighted by Crippen LogP contribution is 2.27. The summed E-state index contributed by atoms with van der Waals surface area (Å²) in [7, 11) is 3.07. The van der Waals surface area contributed by atoms with Crippen LogP contribution in [0.25, 0.3) is 0 Å². The normalized spacial score (nSPS) is 10.2. The van der Waals surface area contributed by atoms with Crippen LogP contribution in [0, 0.1) is 0 Å². The van der Waals surface area contributed by atoms with Crippen LogP contribution >= 0.6 is 11.8 Å². The Morgan fingerprint density at radius 3 is 2.52 bits per heavy atom. The molecule has 0 heterocycles. The molecule has 0 aliphatic heterocycles. The van der Waals surface area contributed by atoms with E-state index in [4.69, 9.17) is 9.47 Å². The Labute approximate surface area is 129 Å². The van der Waals surface area contributed by atoms with Crippen molar-refractivity contribution in [1.29, 1.82) is 0 Å². The van der Waals surface area contributed by atoms with Gasteiger partial charge in [-0.1, -0.05) is 30.3 Å². The number of methoxy groups -OCH3 is 2. The van der Waals surface area contributed by atoms with Crippen molar-refractivity contribution in [1.82, 2.24) is 0 Å². The van der Waals surface area contributed by atoms with Gasteiger partial charge in [0.25, 0.3) is 0 Å². The van der Waals surface area contributed by atoms with Gasteiger partial charge in [-0.3, -0.25) is 4.79 Å². The molecule has 0 fully saturated rings. The summed E-state index contributed by atoms with van der Waals surface area (Å²) in [6.07, 6.45) is 0.311. The maximum Gasteiger partial charge on any atom is 0.309 e. The van der Waals surface area contributed by atoms with E-state index in [-0.39, 0.29) is 5.97 Å². The predicted octanol–water partition coefficient (Wildman–Crippen LogP) is 3.70. The van der Waals surface area contributed by atoms with E-state index in [1.54, 1.807) is 18.9 Å². The van der Waals surface area contributed by atoms with Gasteiger partial charge in [0.15, 0.2) is 0 Å². The lowest BCUT2D eigenvalue weighted by molar-refractivity contribution is -0.139. The van der Waals surface area contributed by atoms with Gasteiger partial charge in [0.2, 0.25) is 0 Å². The predicted molar refractivity (Wildman–Crippen MR) is 84.7 cm³/mol. The molecule has 0 aliphatic carbocycles. The molecule has 0 spiro atoms. The van der Waals surface area contributed by atoms with Crippen molar-refractivity contribution < 1.29 is 14.3 Å². The Balaban J connectivity index is 2.07. The minimum atomic E-state index is -0.214. The monoisotopic (exact) mass is 302 g/mol. The number of ether oxygens (including phenoxy) is 2. The van der Waals surface area contributed by atoms with Crippen molar-refractivity contribution in [3.63, 3.8) is 0 Å². The fraction of sp³-hybridized carbons (Fsp3) is 0.235. The van der Waals surface area contributed by atoms with Gasteiger partial charge >= 0.3 is 5.97 Å². The summed E-state index contributed by atoms with van der Waals surface area (Å²) in [6.45, 7) is 0. The first kappa shape index (κ1) is 15.4. The topological polar surface area (TPSA) is 35.5 Å². The number of carbonyl (C=O) groups is 1. The standard InChI is InChI=1S/C17H18O3S/c1-19-15-8-5-9-16(11-15)21-12-14-7-4-3-6-13(14)10-17(18)20-2/h3-9,11H,10,12H2,1-2H3. The second kappa shape index (κ2) is 7.74. The van der Waals surface area contributed by atoms with Gasteiger partial charge in [-0.15, -0.1) is 11.8 Å². The highest BCUT2D eigenvalue weighted by molar-refractivity contribution is 7.98. The van der Waals surface area contributed by atoms with Gasteiger partial charge in [0, 0.05) is 10.6 Å². The minimum absolute atomic E-state index is 0.214. The third-order valence-electron chi connectivity index (χ3n) is 3.12. The lowest BCUT2D eigenvalue weighted by atomic mass is 10.1. The number of hydrogen-bond acceptors (Lipinski definition) is 4. The summed E-state index contributed by atoms with van der Waals surface area (Å²) < 4.78 is 9.96. The number of rotatable bonds is 6. The van der Waals surface area contributed by atoms with Crippen molar-refractivity contribution >= 4 is 17.7 Å². The fourth-order valence-corrected chi connectivity index (χ4v) is 2.93. The van der Waals surface area contributed by atoms with E-state index in [1.807, 2.05) is 42.5 Å². The summed E-state index contributed by atoms with van der Waals surface area (Å²) in [6, 6.07) is 15.9. The Morgan fingerprint density at radius 2 is 1.81 bits per heavy atom. The van der Waals surface area contributed by atoms with Gasteiger partial charge in [0.1, 0.15) is 5.75 Å². The fourth-order valence-electron chi connectivity index (χ4n) is 1.95. The second-order valence-electron chi connectivity index (χ2n) is 4.49. The Morgan fingerprint density at radius 1 is 1.05 bits per heavy atom. The molecule has 2 rings (SSSR count). The van der Waals surface area contributed by atoms with E-state index in [0.717, 1.165) is 27.5 Å². The molecule has 110 valence electrons. The average Bonchev–Trinajstić information content (AvgIpc) is 2.54. The Kier molecular flexibility index (Phi) is 5.69. The van der Waals surface area contributed by atoms with E-state index in [2.05, 4.69) is 6.07 Å². The van der Waals surface area contributed by atoms with Gasteiger partial charge < -0.3 is 9.47 Å². The minimum Gasteiger partial charge on any atom is -0.497 e. The molecule has 3 nitrogen and oxygen atoms in total. The van der Waals surface area contributed by atoms with Crippen molar-refractivity contribution in [2.75, 3.05) is 14.2 Å². The maximum absolute atomic E-state index is 11.4. The van der Waals surface area contributed by atoms with Crippen LogP contribution in [0.3, 0.4) is 0 Å². The summed E-state index contributed by atoms with van der Waals surface area (Å²) in [4.78, 5) is 12.6. The summed E-state index contributed by atoms with van der Waals surface area (Å²) in [5.41, 5.74) is 2.16. The van der Waals surface area contributed by atoms with Crippen LogP contribution in [0.15, 0.2) is 53.4 Å². The zero-order valence-corrected chi connectivity index (χ0v) is 13.0. The molecule has 0 amide bonds. The third kappa shape index (κ3) is 4.53. The number of thioether (sulfide) groups is 1. The molecule has 21 heavy (non-hydrogen) atoms. The summed E-state index contributed by atoms with van der Waals surface area (Å²) >= 11 is 1.72. The van der Waals surface area contributed by atoms with Crippen LogP contribution in [0.5, 0.6) is 5.75 Å². The molecule has 0 saturated heterocycles. The summed E-state index contributed by atoms with van der Waals surface area (Å²) in [5, 5.41) is 0. The van der Waals surface area contributed by atoms with E-state index in [9.17, 15) is 4.79 Å². The molecule has 2 aromatic rings. The number of esters is 1. The second-order valence-corrected chi connectivity index (χ2v) is 5.54. The van der Waals surface area contributed by atoms with Gasteiger partial charge in [-0.25, -0.2) is 0 Å². The van der Waals surface area contributed by atoms with Crippen molar-refractivity contribution in [2.45, 2.75) is 17.1 Å². The molecule has 0 unspecified atom stereocenters. The van der Waals surface area contributed by atoms with Crippen molar-refractivity contribution in [3.05, 3.63) is 59.7 Å². The van der Waals surface area contributed by atoms with Gasteiger partial charge in [-0.2, -0.15) is 0 Å². The zero-order valence-electron chi connectivity index (χ0n) is 12.2.